The van der Waals surface area contributed by atoms with Crippen LogP contribution >= 0.6 is 0 Å². The molecule has 10 nitrogen and oxygen atoms in total. The highest BCUT2D eigenvalue weighted by Gasteiger charge is 2.56. The number of methoxy groups -OCH3 is 2. The van der Waals surface area contributed by atoms with Gasteiger partial charge in [-0.2, -0.15) is 4.98 Å². The zero-order valence-electron chi connectivity index (χ0n) is 21.5. The molecule has 2 N–H and O–H groups in total. The van der Waals surface area contributed by atoms with Crippen molar-refractivity contribution in [2.75, 3.05) is 24.9 Å². The summed E-state index contributed by atoms with van der Waals surface area (Å²) in [5.74, 6) is 0.471. The number of anilines is 2. The van der Waals surface area contributed by atoms with Crippen molar-refractivity contribution in [3.05, 3.63) is 72.8 Å². The Morgan fingerprint density at radius 1 is 0.875 bits per heavy atom. The minimum Gasteiger partial charge on any atom is -0.493 e. The first kappa shape index (κ1) is 25.1. The summed E-state index contributed by atoms with van der Waals surface area (Å²) in [5.41, 5.74) is 1.20. The van der Waals surface area contributed by atoms with Gasteiger partial charge in [0, 0.05) is 17.4 Å². The van der Waals surface area contributed by atoms with Gasteiger partial charge in [-0.25, -0.2) is 9.37 Å². The third-order valence-corrected chi connectivity index (χ3v) is 6.77. The summed E-state index contributed by atoms with van der Waals surface area (Å²) >= 11 is 0. The smallest absolute Gasteiger partial charge is 0.267 e. The zero-order chi connectivity index (χ0) is 27.9. The molecule has 0 atom stereocenters. The molecule has 0 spiro atoms. The van der Waals surface area contributed by atoms with Gasteiger partial charge in [0.15, 0.2) is 11.5 Å². The summed E-state index contributed by atoms with van der Waals surface area (Å²) in [5, 5.41) is 6.21. The van der Waals surface area contributed by atoms with Gasteiger partial charge in [0.1, 0.15) is 34.4 Å². The molecule has 5 aromatic rings. The lowest BCUT2D eigenvalue weighted by atomic mass is 10.0. The van der Waals surface area contributed by atoms with E-state index >= 15 is 0 Å². The summed E-state index contributed by atoms with van der Waals surface area (Å²) in [4.78, 5) is 34.3. The van der Waals surface area contributed by atoms with Crippen molar-refractivity contribution in [1.29, 1.82) is 0 Å². The number of nitrogens with one attached hydrogen (secondary N) is 2. The average Bonchev–Trinajstić information content (AvgIpc) is 3.71. The Kier molecular flexibility index (Phi) is 6.18. The van der Waals surface area contributed by atoms with E-state index in [2.05, 4.69) is 20.6 Å². The number of hydrogen-bond donors (Lipinski definition) is 2. The van der Waals surface area contributed by atoms with Crippen LogP contribution in [0.3, 0.4) is 0 Å². The fraction of sp³-hybridized carbons (Fsp3) is 0.172. The maximum atomic E-state index is 13.2. The molecule has 0 saturated heterocycles. The second kappa shape index (κ2) is 9.84. The molecule has 2 aromatic heterocycles. The monoisotopic (exact) mass is 542 g/mol. The molecule has 1 fully saturated rings. The number of benzene rings is 3. The van der Waals surface area contributed by atoms with Gasteiger partial charge >= 0.3 is 0 Å². The molecule has 1 aliphatic rings. The second-order valence-corrected chi connectivity index (χ2v) is 9.29. The van der Waals surface area contributed by atoms with Crippen molar-refractivity contribution >= 4 is 45.3 Å². The Morgan fingerprint density at radius 3 is 2.08 bits per heavy atom. The maximum absolute atomic E-state index is 13.2. The average molecular weight is 543 g/mol. The van der Waals surface area contributed by atoms with Crippen molar-refractivity contribution in [1.82, 2.24) is 9.97 Å². The van der Waals surface area contributed by atoms with E-state index in [-0.39, 0.29) is 5.88 Å². The SMILES string of the molecule is COc1cc2oc3c(Oc4ccc(NC(=O)C5(C(=O)Nc6ccc(F)cc6)CC5)cc4)ncnc3c2cc1OC. The molecule has 1 saturated carbocycles. The highest BCUT2D eigenvalue weighted by molar-refractivity contribution is 6.17. The van der Waals surface area contributed by atoms with Crippen molar-refractivity contribution in [3.63, 3.8) is 0 Å². The first-order valence-corrected chi connectivity index (χ1v) is 12.4. The molecule has 40 heavy (non-hydrogen) atoms. The largest absolute Gasteiger partial charge is 0.493 e. The number of nitrogens with zero attached hydrogens (tertiary/aromatic N) is 2. The minimum absolute atomic E-state index is 0.213. The molecule has 0 radical (unpaired) electrons. The number of carbonyl (C=O) groups is 2. The lowest BCUT2D eigenvalue weighted by Gasteiger charge is -2.15. The minimum atomic E-state index is -1.16. The highest BCUT2D eigenvalue weighted by atomic mass is 19.1. The number of hydrogen-bond acceptors (Lipinski definition) is 8. The Morgan fingerprint density at radius 2 is 1.48 bits per heavy atom. The van der Waals surface area contributed by atoms with Crippen LogP contribution < -0.4 is 24.8 Å². The fourth-order valence-electron chi connectivity index (χ4n) is 4.39. The number of amides is 2. The molecule has 2 amide bonds. The van der Waals surface area contributed by atoms with E-state index < -0.39 is 23.0 Å². The number of halogens is 1. The Labute approximate surface area is 227 Å². The van der Waals surface area contributed by atoms with E-state index in [4.69, 9.17) is 18.6 Å². The van der Waals surface area contributed by atoms with Crippen molar-refractivity contribution in [2.45, 2.75) is 12.8 Å². The van der Waals surface area contributed by atoms with E-state index in [1.54, 1.807) is 50.6 Å². The summed E-state index contributed by atoms with van der Waals surface area (Å²) in [6.07, 6.45) is 2.22. The summed E-state index contributed by atoms with van der Waals surface area (Å²) < 4.78 is 35.9. The number of fused-ring (bicyclic) bond motifs is 3. The molecule has 3 aromatic carbocycles. The van der Waals surface area contributed by atoms with Gasteiger partial charge in [0.2, 0.25) is 17.4 Å². The Hall–Kier alpha value is -5.19. The van der Waals surface area contributed by atoms with Gasteiger partial charge in [-0.1, -0.05) is 0 Å². The van der Waals surface area contributed by atoms with Crippen LogP contribution in [0.5, 0.6) is 23.1 Å². The van der Waals surface area contributed by atoms with Crippen molar-refractivity contribution < 1.29 is 32.6 Å². The topological polar surface area (TPSA) is 125 Å². The van der Waals surface area contributed by atoms with Gasteiger partial charge in [0.25, 0.3) is 5.88 Å². The van der Waals surface area contributed by atoms with Crippen LogP contribution in [0.25, 0.3) is 22.1 Å². The molecule has 1 aliphatic carbocycles. The summed E-state index contributed by atoms with van der Waals surface area (Å²) in [7, 11) is 3.09. The van der Waals surface area contributed by atoms with Gasteiger partial charge in [-0.05, 0) is 67.4 Å². The normalized spacial score (nSPS) is 13.6. The zero-order valence-corrected chi connectivity index (χ0v) is 21.5. The fourth-order valence-corrected chi connectivity index (χ4v) is 4.39. The Balaban J connectivity index is 1.17. The first-order chi connectivity index (χ1) is 19.4. The number of ether oxygens (including phenoxy) is 3. The molecule has 11 heteroatoms. The summed E-state index contributed by atoms with van der Waals surface area (Å²) in [6, 6.07) is 15.5. The number of aromatic nitrogens is 2. The molecular formula is C29H23FN4O6. The van der Waals surface area contributed by atoms with E-state index in [1.807, 2.05) is 0 Å². The van der Waals surface area contributed by atoms with Crippen LogP contribution in [-0.2, 0) is 9.59 Å². The molecule has 6 rings (SSSR count). The molecule has 2 heterocycles. The van der Waals surface area contributed by atoms with Crippen LogP contribution in [0.15, 0.2) is 71.4 Å². The number of carbonyl (C=O) groups excluding carboxylic acids is 2. The van der Waals surface area contributed by atoms with Gasteiger partial charge in [-0.15, -0.1) is 0 Å². The lowest BCUT2D eigenvalue weighted by molar-refractivity contribution is -0.131. The molecule has 0 aliphatic heterocycles. The quantitative estimate of drug-likeness (QED) is 0.240. The molecule has 0 bridgehead atoms. The van der Waals surface area contributed by atoms with Gasteiger partial charge in [-0.3, -0.25) is 9.59 Å². The van der Waals surface area contributed by atoms with E-state index in [1.165, 1.54) is 30.6 Å². The summed E-state index contributed by atoms with van der Waals surface area (Å²) in [6.45, 7) is 0. The standard InChI is InChI=1S/C29H23FN4O6/c1-37-22-13-20-21(14-23(22)38-2)40-25-24(20)31-15-32-26(25)39-19-9-7-18(8-10-19)34-28(36)29(11-12-29)27(35)33-17-5-3-16(30)4-6-17/h3-10,13-15H,11-12H2,1-2H3,(H,33,35)(H,34,36). The van der Waals surface area contributed by atoms with E-state index in [0.717, 1.165) is 5.39 Å². The first-order valence-electron chi connectivity index (χ1n) is 12.4. The van der Waals surface area contributed by atoms with Crippen LogP contribution in [0.4, 0.5) is 15.8 Å². The predicted molar refractivity (Wildman–Crippen MR) is 144 cm³/mol. The van der Waals surface area contributed by atoms with E-state index in [0.29, 0.717) is 58.1 Å². The van der Waals surface area contributed by atoms with Crippen molar-refractivity contribution in [3.8, 4) is 23.1 Å². The lowest BCUT2D eigenvalue weighted by Crippen LogP contribution is -2.35. The van der Waals surface area contributed by atoms with Crippen molar-refractivity contribution in [2.24, 2.45) is 5.41 Å². The van der Waals surface area contributed by atoms with E-state index in [9.17, 15) is 14.0 Å². The van der Waals surface area contributed by atoms with Gasteiger partial charge in [0.05, 0.1) is 19.6 Å². The maximum Gasteiger partial charge on any atom is 0.267 e. The predicted octanol–water partition coefficient (Wildman–Crippen LogP) is 5.68. The number of furan rings is 1. The van der Waals surface area contributed by atoms with Crippen LogP contribution in [-0.4, -0.2) is 36.0 Å². The third kappa shape index (κ3) is 4.51. The second-order valence-electron chi connectivity index (χ2n) is 9.29. The van der Waals surface area contributed by atoms with Crippen LogP contribution in [0.2, 0.25) is 0 Å². The number of rotatable bonds is 8. The Bertz CT molecular complexity index is 1750. The van der Waals surface area contributed by atoms with Crippen LogP contribution in [0, 0.1) is 11.2 Å². The molecule has 0 unspecified atom stereocenters. The molecular weight excluding hydrogens is 519 g/mol. The van der Waals surface area contributed by atoms with Crippen LogP contribution in [0.1, 0.15) is 12.8 Å². The van der Waals surface area contributed by atoms with Gasteiger partial charge < -0.3 is 29.3 Å². The highest BCUT2D eigenvalue weighted by Crippen LogP contribution is 2.47. The third-order valence-electron chi connectivity index (χ3n) is 6.77. The molecule has 202 valence electrons.